The summed E-state index contributed by atoms with van der Waals surface area (Å²) >= 11 is 0. The molecular formula is C20H36O2. The van der Waals surface area contributed by atoms with E-state index in [0.717, 1.165) is 25.2 Å². The molecule has 0 aromatic heterocycles. The monoisotopic (exact) mass is 308 g/mol. The van der Waals surface area contributed by atoms with E-state index in [9.17, 15) is 5.11 Å². The van der Waals surface area contributed by atoms with Gasteiger partial charge in [-0.2, -0.15) is 0 Å². The number of fused-ring (bicyclic) bond motifs is 1. The van der Waals surface area contributed by atoms with Gasteiger partial charge in [0.1, 0.15) is 0 Å². The maximum absolute atomic E-state index is 11.1. The van der Waals surface area contributed by atoms with Crippen molar-refractivity contribution in [2.24, 2.45) is 22.7 Å². The molecule has 2 aliphatic carbocycles. The Morgan fingerprint density at radius 3 is 2.45 bits per heavy atom. The summed E-state index contributed by atoms with van der Waals surface area (Å²) in [6, 6.07) is 0. The van der Waals surface area contributed by atoms with Crippen molar-refractivity contribution in [2.75, 3.05) is 6.61 Å². The highest BCUT2D eigenvalue weighted by molar-refractivity contribution is 5.09. The van der Waals surface area contributed by atoms with Gasteiger partial charge in [0.25, 0.3) is 0 Å². The molecule has 0 bridgehead atoms. The molecule has 2 nitrogen and oxygen atoms in total. The molecule has 128 valence electrons. The molecule has 2 heteroatoms. The van der Waals surface area contributed by atoms with Crippen LogP contribution in [0, 0.1) is 22.7 Å². The second-order valence-corrected chi connectivity index (χ2v) is 9.12. The molecule has 0 aromatic carbocycles. The van der Waals surface area contributed by atoms with Crippen molar-refractivity contribution in [1.29, 1.82) is 0 Å². The highest BCUT2D eigenvalue weighted by Crippen LogP contribution is 2.62. The van der Waals surface area contributed by atoms with E-state index in [1.165, 1.54) is 31.3 Å². The summed E-state index contributed by atoms with van der Waals surface area (Å²) in [4.78, 5) is 0. The lowest BCUT2D eigenvalue weighted by atomic mass is 9.45. The predicted molar refractivity (Wildman–Crippen MR) is 92.7 cm³/mol. The van der Waals surface area contributed by atoms with Gasteiger partial charge >= 0.3 is 0 Å². The average Bonchev–Trinajstić information content (AvgIpc) is 2.36. The smallest absolute Gasteiger partial charge is 0.0653 e. The minimum atomic E-state index is -0.543. The molecule has 22 heavy (non-hydrogen) atoms. The van der Waals surface area contributed by atoms with Crippen LogP contribution in [0.25, 0.3) is 0 Å². The molecule has 0 aromatic rings. The SMILES string of the molecule is C/C(=C\CO)CC[C@H]1[C@]2(C)CCCC(C)(C)[C@H]2CC[C@@]1(C)O. The molecule has 4 atom stereocenters. The van der Waals surface area contributed by atoms with E-state index in [2.05, 4.69) is 34.6 Å². The van der Waals surface area contributed by atoms with Crippen LogP contribution in [0.5, 0.6) is 0 Å². The number of rotatable bonds is 4. The van der Waals surface area contributed by atoms with Crippen molar-refractivity contribution >= 4 is 0 Å². The van der Waals surface area contributed by atoms with Crippen LogP contribution in [0.2, 0.25) is 0 Å². The number of allylic oxidation sites excluding steroid dienone is 1. The van der Waals surface area contributed by atoms with Crippen LogP contribution in [0.15, 0.2) is 11.6 Å². The molecule has 0 amide bonds. The van der Waals surface area contributed by atoms with E-state index in [4.69, 9.17) is 5.11 Å². The molecule has 2 N–H and O–H groups in total. The third kappa shape index (κ3) is 3.28. The fraction of sp³-hybridized carbons (Fsp3) is 0.900. The molecule has 2 aliphatic rings. The van der Waals surface area contributed by atoms with Crippen LogP contribution < -0.4 is 0 Å². The lowest BCUT2D eigenvalue weighted by Crippen LogP contribution is -2.57. The molecule has 2 rings (SSSR count). The molecule has 2 saturated carbocycles. The lowest BCUT2D eigenvalue weighted by molar-refractivity contribution is -0.168. The van der Waals surface area contributed by atoms with Crippen molar-refractivity contribution in [3.8, 4) is 0 Å². The quantitative estimate of drug-likeness (QED) is 0.739. The van der Waals surface area contributed by atoms with Crippen LogP contribution in [0.3, 0.4) is 0 Å². The molecule has 0 radical (unpaired) electrons. The number of hydrogen-bond acceptors (Lipinski definition) is 2. The molecule has 0 heterocycles. The Balaban J connectivity index is 2.24. The third-order valence-corrected chi connectivity index (χ3v) is 7.03. The van der Waals surface area contributed by atoms with E-state index < -0.39 is 5.60 Å². The Labute approximate surface area is 137 Å². The second-order valence-electron chi connectivity index (χ2n) is 9.12. The van der Waals surface area contributed by atoms with Gasteiger partial charge in [-0.05, 0) is 75.0 Å². The first-order chi connectivity index (χ1) is 10.1. The predicted octanol–water partition coefficient (Wildman–Crippen LogP) is 4.70. The van der Waals surface area contributed by atoms with Crippen molar-refractivity contribution < 1.29 is 10.2 Å². The number of aliphatic hydroxyl groups is 2. The zero-order valence-electron chi connectivity index (χ0n) is 15.3. The zero-order valence-corrected chi connectivity index (χ0v) is 15.3. The number of hydrogen-bond donors (Lipinski definition) is 2. The molecule has 0 unspecified atom stereocenters. The van der Waals surface area contributed by atoms with Crippen LogP contribution in [-0.2, 0) is 0 Å². The Morgan fingerprint density at radius 2 is 1.82 bits per heavy atom. The van der Waals surface area contributed by atoms with E-state index in [1.807, 2.05) is 6.08 Å². The fourth-order valence-electron chi connectivity index (χ4n) is 5.90. The zero-order chi connectivity index (χ0) is 16.6. The van der Waals surface area contributed by atoms with E-state index in [1.54, 1.807) is 0 Å². The second kappa shape index (κ2) is 6.28. The fourth-order valence-corrected chi connectivity index (χ4v) is 5.90. The highest BCUT2D eigenvalue weighted by atomic mass is 16.3. The third-order valence-electron chi connectivity index (χ3n) is 7.03. The van der Waals surface area contributed by atoms with Gasteiger partial charge in [0, 0.05) is 0 Å². The summed E-state index contributed by atoms with van der Waals surface area (Å²) in [5.74, 6) is 1.08. The topological polar surface area (TPSA) is 40.5 Å². The first-order valence-electron chi connectivity index (χ1n) is 9.12. The van der Waals surface area contributed by atoms with Gasteiger partial charge in [-0.1, -0.05) is 38.8 Å². The maximum atomic E-state index is 11.1. The van der Waals surface area contributed by atoms with Crippen molar-refractivity contribution in [1.82, 2.24) is 0 Å². The summed E-state index contributed by atoms with van der Waals surface area (Å²) in [5.41, 5.74) is 1.36. The van der Waals surface area contributed by atoms with E-state index >= 15 is 0 Å². The lowest BCUT2D eigenvalue weighted by Gasteiger charge is -2.61. The molecule has 2 fully saturated rings. The molecule has 0 spiro atoms. The molecule has 0 aliphatic heterocycles. The summed E-state index contributed by atoms with van der Waals surface area (Å²) in [7, 11) is 0. The molecular weight excluding hydrogens is 272 g/mol. The highest BCUT2D eigenvalue weighted by Gasteiger charge is 2.57. The van der Waals surface area contributed by atoms with Gasteiger partial charge in [0.05, 0.1) is 12.2 Å². The largest absolute Gasteiger partial charge is 0.392 e. The summed E-state index contributed by atoms with van der Waals surface area (Å²) in [5, 5.41) is 20.1. The van der Waals surface area contributed by atoms with Crippen LogP contribution in [-0.4, -0.2) is 22.4 Å². The van der Waals surface area contributed by atoms with Gasteiger partial charge in [-0.3, -0.25) is 0 Å². The van der Waals surface area contributed by atoms with Crippen LogP contribution in [0.4, 0.5) is 0 Å². The minimum Gasteiger partial charge on any atom is -0.392 e. The van der Waals surface area contributed by atoms with Gasteiger partial charge < -0.3 is 10.2 Å². The van der Waals surface area contributed by atoms with Gasteiger partial charge in [-0.15, -0.1) is 0 Å². The maximum Gasteiger partial charge on any atom is 0.0653 e. The van der Waals surface area contributed by atoms with Gasteiger partial charge in [0.15, 0.2) is 0 Å². The summed E-state index contributed by atoms with van der Waals surface area (Å²) < 4.78 is 0. The van der Waals surface area contributed by atoms with Gasteiger partial charge in [0.2, 0.25) is 0 Å². The Hall–Kier alpha value is -0.340. The molecule has 0 saturated heterocycles. The van der Waals surface area contributed by atoms with Crippen LogP contribution in [0.1, 0.15) is 79.6 Å². The average molecular weight is 309 g/mol. The number of aliphatic hydroxyl groups excluding tert-OH is 1. The van der Waals surface area contributed by atoms with Crippen molar-refractivity contribution in [2.45, 2.75) is 85.2 Å². The van der Waals surface area contributed by atoms with E-state index in [-0.39, 0.29) is 12.0 Å². The van der Waals surface area contributed by atoms with Crippen molar-refractivity contribution in [3.05, 3.63) is 11.6 Å². The Morgan fingerprint density at radius 1 is 1.14 bits per heavy atom. The van der Waals surface area contributed by atoms with Crippen LogP contribution >= 0.6 is 0 Å². The standard InChI is InChI=1S/C20H36O2/c1-15(10-14-21)7-8-17-19(4)12-6-11-18(2,3)16(19)9-13-20(17,5)22/h10,16-17,21-22H,6-9,11-14H2,1-5H3/b15-10+/t16-,17+,19-,20-/m1/s1. The Bertz CT molecular complexity index is 421. The van der Waals surface area contributed by atoms with Gasteiger partial charge in [-0.25, -0.2) is 0 Å². The summed E-state index contributed by atoms with van der Waals surface area (Å²) in [6.45, 7) is 11.6. The summed E-state index contributed by atoms with van der Waals surface area (Å²) in [6.07, 6.45) is 9.90. The van der Waals surface area contributed by atoms with E-state index in [0.29, 0.717) is 11.3 Å². The Kier molecular flexibility index (Phi) is 5.14. The normalized spacial score (nSPS) is 42.0. The first-order valence-corrected chi connectivity index (χ1v) is 9.12. The minimum absolute atomic E-state index is 0.125. The van der Waals surface area contributed by atoms with Crippen molar-refractivity contribution in [3.63, 3.8) is 0 Å². The first kappa shape index (κ1) is 18.0.